The lowest BCUT2D eigenvalue weighted by Crippen LogP contribution is -2.41. The fraction of sp³-hybridized carbons (Fsp3) is 0.364. The molecule has 0 aliphatic rings. The maximum Gasteiger partial charge on any atom is 0.428 e. The lowest BCUT2D eigenvalue weighted by molar-refractivity contribution is 0.103. The molecule has 1 aromatic heterocycles. The van der Waals surface area contributed by atoms with Gasteiger partial charge in [-0.1, -0.05) is 6.07 Å². The summed E-state index contributed by atoms with van der Waals surface area (Å²) < 4.78 is 0. The van der Waals surface area contributed by atoms with Gasteiger partial charge < -0.3 is 5.11 Å². The molecular formula is C11H15N3O2. The maximum absolute atomic E-state index is 11.0. The minimum atomic E-state index is -1.08. The van der Waals surface area contributed by atoms with Crippen molar-refractivity contribution < 1.29 is 9.90 Å². The number of amides is 1. The number of carboxylic acid groups (broad SMARTS) is 1. The highest BCUT2D eigenvalue weighted by Crippen LogP contribution is 2.13. The predicted octanol–water partition coefficient (Wildman–Crippen LogP) is 2.19. The monoisotopic (exact) mass is 221 g/mol. The Morgan fingerprint density at radius 1 is 1.56 bits per heavy atom. The number of carbonyl (C=O) groups is 1. The number of hydrazone groups is 1. The topological polar surface area (TPSA) is 65.8 Å². The molecule has 5 nitrogen and oxygen atoms in total. The molecule has 1 N–H and O–H groups in total. The number of pyridine rings is 1. The van der Waals surface area contributed by atoms with E-state index < -0.39 is 11.6 Å². The summed E-state index contributed by atoms with van der Waals surface area (Å²) in [7, 11) is 0. The summed E-state index contributed by atoms with van der Waals surface area (Å²) in [6.07, 6.45) is 3.67. The summed E-state index contributed by atoms with van der Waals surface area (Å²) in [5, 5.41) is 13.9. The third kappa shape index (κ3) is 3.34. The zero-order valence-corrected chi connectivity index (χ0v) is 9.58. The maximum atomic E-state index is 11.0. The van der Waals surface area contributed by atoms with Crippen LogP contribution in [0.2, 0.25) is 0 Å². The minimum Gasteiger partial charge on any atom is -0.464 e. The SMILES string of the molecule is CC(C)(C)N(N=Cc1cccnc1)C(=O)O. The lowest BCUT2D eigenvalue weighted by Gasteiger charge is -2.27. The van der Waals surface area contributed by atoms with Crippen molar-refractivity contribution in [3.8, 4) is 0 Å². The summed E-state index contributed by atoms with van der Waals surface area (Å²) in [5.74, 6) is 0. The Bertz CT molecular complexity index is 382. The average Bonchev–Trinajstić information content (AvgIpc) is 2.17. The molecule has 0 aliphatic heterocycles. The van der Waals surface area contributed by atoms with Crippen LogP contribution >= 0.6 is 0 Å². The number of nitrogens with zero attached hydrogens (tertiary/aromatic N) is 3. The molecule has 5 heteroatoms. The van der Waals surface area contributed by atoms with Gasteiger partial charge in [0.15, 0.2) is 0 Å². The number of hydrogen-bond acceptors (Lipinski definition) is 3. The van der Waals surface area contributed by atoms with Crippen molar-refractivity contribution >= 4 is 12.3 Å². The Balaban J connectivity index is 2.85. The molecule has 0 saturated carbocycles. The highest BCUT2D eigenvalue weighted by molar-refractivity contribution is 5.80. The van der Waals surface area contributed by atoms with E-state index in [-0.39, 0.29) is 0 Å². The van der Waals surface area contributed by atoms with Crippen LogP contribution in [0.15, 0.2) is 29.6 Å². The smallest absolute Gasteiger partial charge is 0.428 e. The third-order valence-electron chi connectivity index (χ3n) is 1.82. The Labute approximate surface area is 94.4 Å². The van der Waals surface area contributed by atoms with Crippen LogP contribution in [-0.4, -0.2) is 32.9 Å². The molecule has 1 heterocycles. The van der Waals surface area contributed by atoms with Crippen LogP contribution in [0.4, 0.5) is 4.79 Å². The molecule has 0 radical (unpaired) electrons. The van der Waals surface area contributed by atoms with Gasteiger partial charge in [0.25, 0.3) is 0 Å². The zero-order chi connectivity index (χ0) is 12.2. The third-order valence-corrected chi connectivity index (χ3v) is 1.82. The molecule has 0 aliphatic carbocycles. The molecule has 86 valence electrons. The molecule has 0 spiro atoms. The first-order valence-electron chi connectivity index (χ1n) is 4.88. The number of aromatic nitrogens is 1. The molecule has 0 fully saturated rings. The summed E-state index contributed by atoms with van der Waals surface area (Å²) in [6, 6.07) is 3.57. The van der Waals surface area contributed by atoms with E-state index in [0.29, 0.717) is 0 Å². The van der Waals surface area contributed by atoms with Crippen molar-refractivity contribution in [2.24, 2.45) is 5.10 Å². The molecule has 0 aromatic carbocycles. The summed E-state index contributed by atoms with van der Waals surface area (Å²) in [6.45, 7) is 5.34. The van der Waals surface area contributed by atoms with Crippen molar-refractivity contribution in [1.29, 1.82) is 0 Å². The van der Waals surface area contributed by atoms with Crippen LogP contribution in [0.5, 0.6) is 0 Å². The van der Waals surface area contributed by atoms with Crippen LogP contribution in [-0.2, 0) is 0 Å². The van der Waals surface area contributed by atoms with Gasteiger partial charge in [-0.05, 0) is 26.8 Å². The molecule has 16 heavy (non-hydrogen) atoms. The van der Waals surface area contributed by atoms with Gasteiger partial charge in [0.2, 0.25) is 0 Å². The van der Waals surface area contributed by atoms with E-state index in [1.165, 1.54) is 6.21 Å². The molecule has 1 rings (SSSR count). The van der Waals surface area contributed by atoms with Gasteiger partial charge >= 0.3 is 6.09 Å². The lowest BCUT2D eigenvalue weighted by atomic mass is 10.1. The van der Waals surface area contributed by atoms with Gasteiger partial charge in [0.05, 0.1) is 11.8 Å². The highest BCUT2D eigenvalue weighted by Gasteiger charge is 2.25. The first-order valence-corrected chi connectivity index (χ1v) is 4.88. The van der Waals surface area contributed by atoms with Gasteiger partial charge in [-0.2, -0.15) is 10.1 Å². The summed E-state index contributed by atoms with van der Waals surface area (Å²) in [5.41, 5.74) is 0.197. The Morgan fingerprint density at radius 3 is 2.69 bits per heavy atom. The Morgan fingerprint density at radius 2 is 2.25 bits per heavy atom. The van der Waals surface area contributed by atoms with Gasteiger partial charge in [-0.25, -0.2) is 4.79 Å². The van der Waals surface area contributed by atoms with Crippen molar-refractivity contribution in [1.82, 2.24) is 9.99 Å². The van der Waals surface area contributed by atoms with Gasteiger partial charge in [0.1, 0.15) is 0 Å². The minimum absolute atomic E-state index is 0.565. The first kappa shape index (κ1) is 12.2. The predicted molar refractivity (Wildman–Crippen MR) is 61.4 cm³/mol. The van der Waals surface area contributed by atoms with E-state index >= 15 is 0 Å². The van der Waals surface area contributed by atoms with E-state index in [9.17, 15) is 4.79 Å². The van der Waals surface area contributed by atoms with Crippen molar-refractivity contribution in [2.75, 3.05) is 0 Å². The fourth-order valence-electron chi connectivity index (χ4n) is 1.09. The molecule has 0 saturated heterocycles. The highest BCUT2D eigenvalue weighted by atomic mass is 16.4. The van der Waals surface area contributed by atoms with Gasteiger partial charge in [-0.3, -0.25) is 4.98 Å². The normalized spacial score (nSPS) is 11.7. The molecule has 0 atom stereocenters. The summed E-state index contributed by atoms with van der Waals surface area (Å²) in [4.78, 5) is 14.9. The van der Waals surface area contributed by atoms with E-state index in [0.717, 1.165) is 10.6 Å². The summed E-state index contributed by atoms with van der Waals surface area (Å²) >= 11 is 0. The first-order chi connectivity index (χ1) is 7.41. The average molecular weight is 221 g/mol. The standard InChI is InChI=1S/C11H15N3O2/c1-11(2,3)14(10(15)16)13-8-9-5-4-6-12-7-9/h4-8H,1-3H3,(H,15,16). The molecule has 0 unspecified atom stereocenters. The quantitative estimate of drug-likeness (QED) is 0.615. The van der Waals surface area contributed by atoms with Crippen molar-refractivity contribution in [3.63, 3.8) is 0 Å². The van der Waals surface area contributed by atoms with E-state index in [2.05, 4.69) is 10.1 Å². The molecule has 0 bridgehead atoms. The van der Waals surface area contributed by atoms with E-state index in [1.807, 2.05) is 0 Å². The zero-order valence-electron chi connectivity index (χ0n) is 9.58. The second-order valence-corrected chi connectivity index (χ2v) is 4.30. The van der Waals surface area contributed by atoms with Crippen LogP contribution < -0.4 is 0 Å². The Hall–Kier alpha value is -1.91. The van der Waals surface area contributed by atoms with Crippen LogP contribution in [0.1, 0.15) is 26.3 Å². The number of rotatable bonds is 2. The number of hydrogen-bond donors (Lipinski definition) is 1. The van der Waals surface area contributed by atoms with Crippen LogP contribution in [0.3, 0.4) is 0 Å². The Kier molecular flexibility index (Phi) is 3.60. The van der Waals surface area contributed by atoms with E-state index in [1.54, 1.807) is 45.3 Å². The molecule has 1 amide bonds. The van der Waals surface area contributed by atoms with Crippen LogP contribution in [0.25, 0.3) is 0 Å². The molecule has 1 aromatic rings. The second kappa shape index (κ2) is 4.74. The van der Waals surface area contributed by atoms with Crippen molar-refractivity contribution in [3.05, 3.63) is 30.1 Å². The van der Waals surface area contributed by atoms with Crippen molar-refractivity contribution in [2.45, 2.75) is 26.3 Å². The van der Waals surface area contributed by atoms with Crippen LogP contribution in [0, 0.1) is 0 Å². The van der Waals surface area contributed by atoms with Gasteiger partial charge in [0, 0.05) is 18.0 Å². The molecular weight excluding hydrogens is 206 g/mol. The van der Waals surface area contributed by atoms with Gasteiger partial charge in [-0.15, -0.1) is 0 Å². The van der Waals surface area contributed by atoms with E-state index in [4.69, 9.17) is 5.11 Å². The second-order valence-electron chi connectivity index (χ2n) is 4.30. The fourth-order valence-corrected chi connectivity index (χ4v) is 1.09. The largest absolute Gasteiger partial charge is 0.464 e.